The first kappa shape index (κ1) is 13.1. The van der Waals surface area contributed by atoms with Gasteiger partial charge in [-0.1, -0.05) is 40.9 Å². The molecule has 1 aromatic carbocycles. The van der Waals surface area contributed by atoms with Crippen molar-refractivity contribution in [1.82, 2.24) is 4.90 Å². The van der Waals surface area contributed by atoms with E-state index in [0.29, 0.717) is 6.04 Å². The summed E-state index contributed by atoms with van der Waals surface area (Å²) < 4.78 is 1.19. The summed E-state index contributed by atoms with van der Waals surface area (Å²) in [7, 11) is 0. The molecule has 0 amide bonds. The van der Waals surface area contributed by atoms with Gasteiger partial charge < -0.3 is 4.90 Å². The van der Waals surface area contributed by atoms with Crippen molar-refractivity contribution in [3.63, 3.8) is 0 Å². The predicted octanol–water partition coefficient (Wildman–Crippen LogP) is 4.26. The van der Waals surface area contributed by atoms with Crippen LogP contribution >= 0.6 is 15.9 Å². The van der Waals surface area contributed by atoms with Crippen LogP contribution < -0.4 is 0 Å². The molecule has 1 heterocycles. The Morgan fingerprint density at radius 3 is 2.53 bits per heavy atom. The molecule has 1 saturated heterocycles. The van der Waals surface area contributed by atoms with Crippen molar-refractivity contribution in [1.29, 1.82) is 0 Å². The zero-order valence-electron chi connectivity index (χ0n) is 10.7. The lowest BCUT2D eigenvalue weighted by atomic mass is 10.1. The summed E-state index contributed by atoms with van der Waals surface area (Å²) in [5, 5.41) is 0. The van der Waals surface area contributed by atoms with Crippen LogP contribution in [0.5, 0.6) is 0 Å². The van der Waals surface area contributed by atoms with Gasteiger partial charge in [0.15, 0.2) is 0 Å². The van der Waals surface area contributed by atoms with Gasteiger partial charge in [0, 0.05) is 10.5 Å². The summed E-state index contributed by atoms with van der Waals surface area (Å²) in [6.45, 7) is 4.94. The topological polar surface area (TPSA) is 3.24 Å². The molecule has 1 unspecified atom stereocenters. The zero-order valence-corrected chi connectivity index (χ0v) is 12.2. The third-order valence-electron chi connectivity index (χ3n) is 3.68. The van der Waals surface area contributed by atoms with E-state index in [0.717, 1.165) is 0 Å². The highest BCUT2D eigenvalue weighted by Crippen LogP contribution is 2.17. The first-order valence-corrected chi connectivity index (χ1v) is 7.53. The van der Waals surface area contributed by atoms with Crippen LogP contribution in [0.1, 0.15) is 38.2 Å². The highest BCUT2D eigenvalue weighted by Gasteiger charge is 2.15. The van der Waals surface area contributed by atoms with Gasteiger partial charge >= 0.3 is 0 Å². The third kappa shape index (κ3) is 4.11. The third-order valence-corrected chi connectivity index (χ3v) is 4.18. The van der Waals surface area contributed by atoms with Crippen LogP contribution in [0.4, 0.5) is 0 Å². The molecule has 0 radical (unpaired) electrons. The van der Waals surface area contributed by atoms with E-state index >= 15 is 0 Å². The number of rotatable bonds is 3. The minimum Gasteiger partial charge on any atom is -0.300 e. The van der Waals surface area contributed by atoms with Gasteiger partial charge in [0.2, 0.25) is 0 Å². The molecule has 2 heteroatoms. The normalized spacial score (nSPS) is 19.9. The Labute approximate surface area is 113 Å². The minimum absolute atomic E-state index is 0.669. The van der Waals surface area contributed by atoms with Crippen LogP contribution in [0.3, 0.4) is 0 Å². The Hall–Kier alpha value is -0.340. The number of halogens is 1. The number of hydrogen-bond acceptors (Lipinski definition) is 1. The molecule has 0 aromatic heterocycles. The van der Waals surface area contributed by atoms with Crippen molar-refractivity contribution in [2.24, 2.45) is 0 Å². The van der Waals surface area contributed by atoms with Crippen molar-refractivity contribution in [3.8, 4) is 0 Å². The lowest BCUT2D eigenvalue weighted by Crippen LogP contribution is -2.35. The maximum absolute atomic E-state index is 3.55. The molecular weight excluding hydrogens is 274 g/mol. The van der Waals surface area contributed by atoms with E-state index in [4.69, 9.17) is 0 Å². The second-order valence-electron chi connectivity index (χ2n) is 5.13. The van der Waals surface area contributed by atoms with E-state index in [1.165, 1.54) is 55.2 Å². The Balaban J connectivity index is 1.93. The van der Waals surface area contributed by atoms with E-state index in [1.807, 2.05) is 0 Å². The van der Waals surface area contributed by atoms with Crippen molar-refractivity contribution < 1.29 is 0 Å². The van der Waals surface area contributed by atoms with E-state index in [1.54, 1.807) is 0 Å². The van der Waals surface area contributed by atoms with Gasteiger partial charge in [-0.2, -0.15) is 0 Å². The van der Waals surface area contributed by atoms with E-state index < -0.39 is 0 Å². The van der Waals surface area contributed by atoms with Crippen LogP contribution in [0.2, 0.25) is 0 Å². The van der Waals surface area contributed by atoms with Crippen molar-refractivity contribution in [2.75, 3.05) is 13.1 Å². The summed E-state index contributed by atoms with van der Waals surface area (Å²) in [5.74, 6) is 0. The van der Waals surface area contributed by atoms with Crippen molar-refractivity contribution >= 4 is 15.9 Å². The fraction of sp³-hybridized carbons (Fsp3) is 0.600. The highest BCUT2D eigenvalue weighted by atomic mass is 79.9. The molecule has 0 saturated carbocycles. The molecule has 0 bridgehead atoms. The summed E-state index contributed by atoms with van der Waals surface area (Å²) in [4.78, 5) is 2.66. The van der Waals surface area contributed by atoms with Gasteiger partial charge in [-0.3, -0.25) is 0 Å². The molecule has 1 aliphatic heterocycles. The second kappa shape index (κ2) is 6.55. The molecule has 1 fully saturated rings. The van der Waals surface area contributed by atoms with Gasteiger partial charge in [-0.15, -0.1) is 0 Å². The summed E-state index contributed by atoms with van der Waals surface area (Å²) in [6, 6.07) is 9.38. The largest absolute Gasteiger partial charge is 0.300 e. The first-order valence-electron chi connectivity index (χ1n) is 6.74. The molecule has 2 rings (SSSR count). The van der Waals surface area contributed by atoms with Crippen molar-refractivity contribution in [2.45, 2.75) is 45.1 Å². The fourth-order valence-electron chi connectivity index (χ4n) is 2.67. The van der Waals surface area contributed by atoms with Gasteiger partial charge in [0.05, 0.1) is 0 Å². The van der Waals surface area contributed by atoms with Crippen LogP contribution in [0.25, 0.3) is 0 Å². The van der Waals surface area contributed by atoms with Crippen LogP contribution in [0.15, 0.2) is 28.7 Å². The number of likely N-dealkylation sites (tertiary alicyclic amines) is 1. The van der Waals surface area contributed by atoms with Crippen LogP contribution in [-0.2, 0) is 6.42 Å². The van der Waals surface area contributed by atoms with Gasteiger partial charge in [-0.05, 0) is 57.0 Å². The molecule has 94 valence electrons. The first-order chi connectivity index (χ1) is 8.25. The molecule has 1 nitrogen and oxygen atoms in total. The molecule has 1 atom stereocenters. The average Bonchev–Trinajstić information content (AvgIpc) is 2.57. The standard InChI is InChI=1S/C15H22BrN/c1-13(17-9-4-2-3-5-10-17)11-14-7-6-8-15(16)12-14/h6-8,12-13H,2-5,9-11H2,1H3. The molecule has 1 aliphatic rings. The number of benzene rings is 1. The van der Waals surface area contributed by atoms with E-state index in [9.17, 15) is 0 Å². The van der Waals surface area contributed by atoms with Crippen LogP contribution in [0, 0.1) is 0 Å². The van der Waals surface area contributed by atoms with Crippen molar-refractivity contribution in [3.05, 3.63) is 34.3 Å². The molecule has 0 spiro atoms. The Bertz CT molecular complexity index is 343. The molecule has 1 aromatic rings. The Morgan fingerprint density at radius 2 is 1.88 bits per heavy atom. The lowest BCUT2D eigenvalue weighted by molar-refractivity contribution is 0.216. The quantitative estimate of drug-likeness (QED) is 0.805. The summed E-state index contributed by atoms with van der Waals surface area (Å²) in [5.41, 5.74) is 1.44. The number of nitrogens with zero attached hydrogens (tertiary/aromatic N) is 1. The molecule has 0 N–H and O–H groups in total. The second-order valence-corrected chi connectivity index (χ2v) is 6.05. The maximum Gasteiger partial charge on any atom is 0.0178 e. The van der Waals surface area contributed by atoms with E-state index in [2.05, 4.69) is 52.0 Å². The van der Waals surface area contributed by atoms with Gasteiger partial charge in [-0.25, -0.2) is 0 Å². The monoisotopic (exact) mass is 295 g/mol. The highest BCUT2D eigenvalue weighted by molar-refractivity contribution is 9.10. The Morgan fingerprint density at radius 1 is 1.18 bits per heavy atom. The van der Waals surface area contributed by atoms with Gasteiger partial charge in [0.25, 0.3) is 0 Å². The average molecular weight is 296 g/mol. The maximum atomic E-state index is 3.55. The summed E-state index contributed by atoms with van der Waals surface area (Å²) in [6.07, 6.45) is 6.76. The smallest absolute Gasteiger partial charge is 0.0178 e. The molecule has 0 aliphatic carbocycles. The summed E-state index contributed by atoms with van der Waals surface area (Å²) >= 11 is 3.55. The molecule has 17 heavy (non-hydrogen) atoms. The van der Waals surface area contributed by atoms with Gasteiger partial charge in [0.1, 0.15) is 0 Å². The number of hydrogen-bond donors (Lipinski definition) is 0. The zero-order chi connectivity index (χ0) is 12.1. The predicted molar refractivity (Wildman–Crippen MR) is 77.3 cm³/mol. The fourth-order valence-corrected chi connectivity index (χ4v) is 3.12. The molecular formula is C15H22BrN. The minimum atomic E-state index is 0.669. The Kier molecular flexibility index (Phi) is 5.05. The lowest BCUT2D eigenvalue weighted by Gasteiger charge is -2.27. The van der Waals surface area contributed by atoms with E-state index in [-0.39, 0.29) is 0 Å². The van der Waals surface area contributed by atoms with Crippen LogP contribution in [-0.4, -0.2) is 24.0 Å². The SMILES string of the molecule is CC(Cc1cccc(Br)c1)N1CCCCCC1.